The Labute approximate surface area is 286 Å². The van der Waals surface area contributed by atoms with Crippen molar-refractivity contribution >= 4 is 23.4 Å². The highest BCUT2D eigenvalue weighted by atomic mass is 35.5. The smallest absolute Gasteiger partial charge is 0.259 e. The lowest BCUT2D eigenvalue weighted by atomic mass is 9.87. The molecule has 0 aromatic heterocycles. The van der Waals surface area contributed by atoms with Crippen LogP contribution < -0.4 is 0 Å². The number of hydrogen-bond donors (Lipinski definition) is 0. The number of rotatable bonds is 8. The lowest BCUT2D eigenvalue weighted by Gasteiger charge is -2.37. The summed E-state index contributed by atoms with van der Waals surface area (Å²) >= 11 is 6.43. The largest absolute Gasteiger partial charge is 0.442 e. The van der Waals surface area contributed by atoms with Gasteiger partial charge in [-0.15, -0.1) is 5.10 Å². The molecule has 0 radical (unpaired) electrons. The Morgan fingerprint density at radius 1 is 0.583 bits per heavy atom. The highest BCUT2D eigenvalue weighted by Crippen LogP contribution is 2.47. The Morgan fingerprint density at radius 3 is 1.50 bits per heavy atom. The van der Waals surface area contributed by atoms with Crippen molar-refractivity contribution in [2.24, 2.45) is 5.10 Å². The molecule has 6 aromatic carbocycles. The average Bonchev–Trinajstić information content (AvgIpc) is 3.53. The number of ether oxygens (including phenoxy) is 1. The number of halogens is 1. The van der Waals surface area contributed by atoms with Gasteiger partial charge in [-0.05, 0) is 48.2 Å². The third-order valence-corrected chi connectivity index (χ3v) is 9.19. The monoisotopic (exact) mass is 646 g/mol. The summed E-state index contributed by atoms with van der Waals surface area (Å²) in [5.41, 5.74) is 6.14. The van der Waals surface area contributed by atoms with E-state index in [1.54, 1.807) is 5.01 Å². The summed E-state index contributed by atoms with van der Waals surface area (Å²) in [6.45, 7) is 4.14. The van der Waals surface area contributed by atoms with E-state index in [0.29, 0.717) is 10.9 Å². The molecule has 1 aliphatic rings. The third kappa shape index (κ3) is 5.92. The zero-order chi connectivity index (χ0) is 33.1. The van der Waals surface area contributed by atoms with Crippen LogP contribution in [-0.2, 0) is 15.3 Å². The number of nitrogens with zero attached hydrogens (tertiary/aromatic N) is 2. The fraction of sp³-hybridized carbons (Fsp3) is 0.116. The topological polar surface area (TPSA) is 41.9 Å². The standard InChI is InChI=1S/C43H35ClN2O2/c1-30-18-22-34(23-19-30)39(35-24-20-31(2)21-25-35)41-45-46(42(47)40(32-12-6-3-7-13-32)33-14-8-4-9-15-33)43(48-41,36-16-10-5-11-17-36)37-26-28-38(44)29-27-37/h3-29,39-40H,1-2H3. The van der Waals surface area contributed by atoms with E-state index in [1.165, 1.54) is 0 Å². The van der Waals surface area contributed by atoms with Gasteiger partial charge in [0.1, 0.15) is 0 Å². The average molecular weight is 647 g/mol. The first-order chi connectivity index (χ1) is 23.4. The van der Waals surface area contributed by atoms with E-state index in [1.807, 2.05) is 115 Å². The normalized spacial score (nSPS) is 15.8. The van der Waals surface area contributed by atoms with Crippen LogP contribution in [0.5, 0.6) is 0 Å². The Kier molecular flexibility index (Phi) is 8.66. The van der Waals surface area contributed by atoms with E-state index in [0.717, 1.165) is 44.5 Å². The molecule has 1 aliphatic heterocycles. The second-order valence-electron chi connectivity index (χ2n) is 12.2. The van der Waals surface area contributed by atoms with E-state index in [-0.39, 0.29) is 11.8 Å². The highest BCUT2D eigenvalue weighted by Gasteiger charge is 2.54. The zero-order valence-corrected chi connectivity index (χ0v) is 27.6. The molecule has 4 nitrogen and oxygen atoms in total. The number of hydrazone groups is 1. The van der Waals surface area contributed by atoms with E-state index < -0.39 is 11.6 Å². The number of aryl methyl sites for hydroxylation is 2. The van der Waals surface area contributed by atoms with Crippen molar-refractivity contribution in [1.82, 2.24) is 5.01 Å². The number of amides is 1. The summed E-state index contributed by atoms with van der Waals surface area (Å²) in [5.74, 6) is -0.819. The SMILES string of the molecule is Cc1ccc(C(C2=NN(C(=O)C(c3ccccc3)c3ccccc3)C(c3ccccc3)(c3ccc(Cl)cc3)O2)c2ccc(C)cc2)cc1. The first-order valence-corrected chi connectivity index (χ1v) is 16.5. The summed E-state index contributed by atoms with van der Waals surface area (Å²) in [6, 6.07) is 53.9. The zero-order valence-electron chi connectivity index (χ0n) is 26.8. The molecular formula is C43H35ClN2O2. The van der Waals surface area contributed by atoms with Crippen molar-refractivity contribution in [1.29, 1.82) is 0 Å². The number of benzene rings is 6. The number of hydrogen-bond acceptors (Lipinski definition) is 3. The summed E-state index contributed by atoms with van der Waals surface area (Å²) < 4.78 is 7.26. The van der Waals surface area contributed by atoms with E-state index in [4.69, 9.17) is 21.4 Å². The van der Waals surface area contributed by atoms with Gasteiger partial charge in [-0.3, -0.25) is 4.79 Å². The van der Waals surface area contributed by atoms with Crippen LogP contribution in [0.1, 0.15) is 56.3 Å². The Bertz CT molecular complexity index is 1940. The molecule has 0 saturated carbocycles. The van der Waals surface area contributed by atoms with Crippen LogP contribution in [-0.4, -0.2) is 16.8 Å². The number of carbonyl (C=O) groups excluding carboxylic acids is 1. The van der Waals surface area contributed by atoms with Gasteiger partial charge in [-0.25, -0.2) is 0 Å². The summed E-state index contributed by atoms with van der Waals surface area (Å²) in [4.78, 5) is 15.4. The van der Waals surface area contributed by atoms with Crippen molar-refractivity contribution in [3.05, 3.63) is 213 Å². The number of carbonyl (C=O) groups is 1. The van der Waals surface area contributed by atoms with Crippen LogP contribution in [0, 0.1) is 13.8 Å². The van der Waals surface area contributed by atoms with Crippen LogP contribution in [0.4, 0.5) is 0 Å². The summed E-state index contributed by atoms with van der Waals surface area (Å²) in [6.07, 6.45) is 0. The molecule has 1 heterocycles. The van der Waals surface area contributed by atoms with Crippen LogP contribution in [0.25, 0.3) is 0 Å². The fourth-order valence-corrected chi connectivity index (χ4v) is 6.59. The first-order valence-electron chi connectivity index (χ1n) is 16.1. The molecule has 7 rings (SSSR count). The molecule has 1 unspecified atom stereocenters. The van der Waals surface area contributed by atoms with Crippen LogP contribution in [0.15, 0.2) is 169 Å². The maximum Gasteiger partial charge on any atom is 0.259 e. The molecule has 0 saturated heterocycles. The molecular weight excluding hydrogens is 612 g/mol. The Balaban J connectivity index is 1.49. The van der Waals surface area contributed by atoms with Crippen LogP contribution in [0.2, 0.25) is 5.02 Å². The minimum Gasteiger partial charge on any atom is -0.442 e. The maximum atomic E-state index is 15.4. The van der Waals surface area contributed by atoms with Gasteiger partial charge in [-0.1, -0.05) is 174 Å². The molecule has 48 heavy (non-hydrogen) atoms. The second-order valence-corrected chi connectivity index (χ2v) is 12.7. The maximum absolute atomic E-state index is 15.4. The van der Waals surface area contributed by atoms with Crippen molar-refractivity contribution in [2.45, 2.75) is 31.4 Å². The van der Waals surface area contributed by atoms with Crippen molar-refractivity contribution in [2.75, 3.05) is 0 Å². The van der Waals surface area contributed by atoms with Gasteiger partial charge in [0, 0.05) is 16.1 Å². The summed E-state index contributed by atoms with van der Waals surface area (Å²) in [7, 11) is 0. The molecule has 0 fully saturated rings. The molecule has 1 amide bonds. The van der Waals surface area contributed by atoms with E-state index in [2.05, 4.69) is 62.4 Å². The molecule has 0 bridgehead atoms. The van der Waals surface area contributed by atoms with Crippen LogP contribution >= 0.6 is 11.6 Å². The Morgan fingerprint density at radius 2 is 1.02 bits per heavy atom. The van der Waals surface area contributed by atoms with Crippen molar-refractivity contribution in [3.63, 3.8) is 0 Å². The van der Waals surface area contributed by atoms with Gasteiger partial charge in [0.25, 0.3) is 11.6 Å². The van der Waals surface area contributed by atoms with E-state index >= 15 is 4.79 Å². The van der Waals surface area contributed by atoms with Gasteiger partial charge in [0.2, 0.25) is 5.90 Å². The molecule has 6 aromatic rings. The predicted molar refractivity (Wildman–Crippen MR) is 193 cm³/mol. The van der Waals surface area contributed by atoms with Gasteiger partial charge in [0.15, 0.2) is 0 Å². The van der Waals surface area contributed by atoms with Gasteiger partial charge < -0.3 is 4.74 Å². The van der Waals surface area contributed by atoms with E-state index in [9.17, 15) is 0 Å². The lowest BCUT2D eigenvalue weighted by molar-refractivity contribution is -0.146. The highest BCUT2D eigenvalue weighted by molar-refractivity contribution is 6.30. The molecule has 5 heteroatoms. The molecule has 0 aliphatic carbocycles. The second kappa shape index (κ2) is 13.3. The lowest BCUT2D eigenvalue weighted by Crippen LogP contribution is -2.47. The Hall–Kier alpha value is -5.45. The quantitative estimate of drug-likeness (QED) is 0.165. The summed E-state index contributed by atoms with van der Waals surface area (Å²) in [5, 5.41) is 7.39. The van der Waals surface area contributed by atoms with Crippen molar-refractivity contribution in [3.8, 4) is 0 Å². The molecule has 0 spiro atoms. The molecule has 236 valence electrons. The molecule has 0 N–H and O–H groups in total. The van der Waals surface area contributed by atoms with Crippen molar-refractivity contribution < 1.29 is 9.53 Å². The van der Waals surface area contributed by atoms with Gasteiger partial charge >= 0.3 is 0 Å². The first kappa shape index (κ1) is 31.2. The minimum absolute atomic E-state index is 0.215. The minimum atomic E-state index is -1.42. The fourth-order valence-electron chi connectivity index (χ4n) is 6.46. The van der Waals surface area contributed by atoms with Gasteiger partial charge in [-0.2, -0.15) is 5.01 Å². The third-order valence-electron chi connectivity index (χ3n) is 8.94. The predicted octanol–water partition coefficient (Wildman–Crippen LogP) is 9.99. The van der Waals surface area contributed by atoms with Gasteiger partial charge in [0.05, 0.1) is 11.8 Å². The van der Waals surface area contributed by atoms with Crippen LogP contribution in [0.3, 0.4) is 0 Å². The molecule has 1 atom stereocenters.